The van der Waals surface area contributed by atoms with E-state index in [4.69, 9.17) is 5.11 Å². The zero-order chi connectivity index (χ0) is 10.4. The number of carboxylic acid groups (broad SMARTS) is 1. The number of carboxylic acids is 1. The number of nitrogens with zero attached hydrogens (tertiary/aromatic N) is 3. The van der Waals surface area contributed by atoms with Gasteiger partial charge in [-0.15, -0.1) is 0 Å². The molecule has 1 N–H and O–H groups in total. The van der Waals surface area contributed by atoms with Crippen molar-refractivity contribution in [1.82, 2.24) is 14.4 Å². The number of imidazole rings is 1. The predicted octanol–water partition coefficient (Wildman–Crippen LogP) is 1.30. The van der Waals surface area contributed by atoms with Crippen molar-refractivity contribution in [3.63, 3.8) is 0 Å². The normalized spacial score (nSPS) is 15.7. The van der Waals surface area contributed by atoms with Crippen LogP contribution in [0.4, 0.5) is 0 Å². The van der Waals surface area contributed by atoms with E-state index in [0.29, 0.717) is 11.6 Å². The Morgan fingerprint density at radius 3 is 2.93 bits per heavy atom. The smallest absolute Gasteiger partial charge is 0.356 e. The van der Waals surface area contributed by atoms with Gasteiger partial charge in [-0.3, -0.25) is 4.98 Å². The molecule has 5 heteroatoms. The number of fused-ring (bicyclic) bond motifs is 1. The molecule has 0 amide bonds. The molecule has 76 valence electrons. The van der Waals surface area contributed by atoms with Gasteiger partial charge in [-0.25, -0.2) is 9.78 Å². The van der Waals surface area contributed by atoms with Crippen LogP contribution >= 0.6 is 0 Å². The maximum atomic E-state index is 10.7. The highest BCUT2D eigenvalue weighted by molar-refractivity contribution is 5.86. The molecule has 1 aliphatic carbocycles. The van der Waals surface area contributed by atoms with Crippen LogP contribution in [0.25, 0.3) is 5.65 Å². The first kappa shape index (κ1) is 8.40. The molecule has 0 saturated heterocycles. The minimum atomic E-state index is -1.01. The summed E-state index contributed by atoms with van der Waals surface area (Å²) in [5, 5.41) is 8.78. The van der Waals surface area contributed by atoms with Crippen molar-refractivity contribution in [2.75, 3.05) is 0 Å². The highest BCUT2D eigenvalue weighted by Gasteiger charge is 2.25. The van der Waals surface area contributed by atoms with Crippen LogP contribution in [0.3, 0.4) is 0 Å². The van der Waals surface area contributed by atoms with Crippen LogP contribution in [0.15, 0.2) is 18.6 Å². The van der Waals surface area contributed by atoms with Crippen molar-refractivity contribution in [2.45, 2.75) is 18.8 Å². The van der Waals surface area contributed by atoms with Crippen molar-refractivity contribution in [3.8, 4) is 0 Å². The van der Waals surface area contributed by atoms with Crippen LogP contribution in [0.1, 0.15) is 34.9 Å². The summed E-state index contributed by atoms with van der Waals surface area (Å²) >= 11 is 0. The summed E-state index contributed by atoms with van der Waals surface area (Å²) in [5.41, 5.74) is 1.67. The SMILES string of the molecule is O=C(O)c1cn2cc(C3CC3)ncc2n1. The predicted molar refractivity (Wildman–Crippen MR) is 51.9 cm³/mol. The molecular formula is C10H9N3O2. The summed E-state index contributed by atoms with van der Waals surface area (Å²) in [6.45, 7) is 0. The molecule has 0 aliphatic heterocycles. The molecule has 2 heterocycles. The van der Waals surface area contributed by atoms with Crippen LogP contribution in [-0.4, -0.2) is 25.4 Å². The highest BCUT2D eigenvalue weighted by Crippen LogP contribution is 2.38. The number of hydrogen-bond donors (Lipinski definition) is 1. The van der Waals surface area contributed by atoms with Crippen molar-refractivity contribution in [1.29, 1.82) is 0 Å². The minimum absolute atomic E-state index is 0.0600. The molecule has 0 radical (unpaired) electrons. The topological polar surface area (TPSA) is 67.5 Å². The Hall–Kier alpha value is -1.91. The van der Waals surface area contributed by atoms with E-state index in [1.54, 1.807) is 10.6 Å². The molecule has 0 bridgehead atoms. The van der Waals surface area contributed by atoms with E-state index in [9.17, 15) is 4.79 Å². The minimum Gasteiger partial charge on any atom is -0.476 e. The average molecular weight is 203 g/mol. The second-order valence-electron chi connectivity index (χ2n) is 3.78. The Morgan fingerprint density at radius 1 is 1.47 bits per heavy atom. The molecule has 1 aliphatic rings. The van der Waals surface area contributed by atoms with Gasteiger partial charge >= 0.3 is 5.97 Å². The van der Waals surface area contributed by atoms with Crippen LogP contribution in [0.2, 0.25) is 0 Å². The van der Waals surface area contributed by atoms with Crippen LogP contribution in [0.5, 0.6) is 0 Å². The molecule has 2 aromatic heterocycles. The van der Waals surface area contributed by atoms with Crippen molar-refractivity contribution in [3.05, 3.63) is 30.0 Å². The fourth-order valence-electron chi connectivity index (χ4n) is 1.61. The van der Waals surface area contributed by atoms with Crippen molar-refractivity contribution >= 4 is 11.6 Å². The molecule has 0 unspecified atom stereocenters. The molecule has 3 rings (SSSR count). The van der Waals surface area contributed by atoms with Crippen molar-refractivity contribution < 1.29 is 9.90 Å². The van der Waals surface area contributed by atoms with Gasteiger partial charge in [0.25, 0.3) is 0 Å². The van der Waals surface area contributed by atoms with Gasteiger partial charge < -0.3 is 9.51 Å². The summed E-state index contributed by atoms with van der Waals surface area (Å²) in [7, 11) is 0. The Bertz CT molecular complexity index is 543. The Morgan fingerprint density at radius 2 is 2.27 bits per heavy atom. The Balaban J connectivity index is 2.13. The largest absolute Gasteiger partial charge is 0.476 e. The second kappa shape index (κ2) is 2.79. The van der Waals surface area contributed by atoms with Crippen LogP contribution in [-0.2, 0) is 0 Å². The third-order valence-corrected chi connectivity index (χ3v) is 2.58. The first-order chi connectivity index (χ1) is 7.24. The van der Waals surface area contributed by atoms with E-state index in [1.807, 2.05) is 6.20 Å². The second-order valence-corrected chi connectivity index (χ2v) is 3.78. The van der Waals surface area contributed by atoms with Gasteiger partial charge in [-0.2, -0.15) is 0 Å². The maximum absolute atomic E-state index is 10.7. The zero-order valence-corrected chi connectivity index (χ0v) is 7.92. The van der Waals surface area contributed by atoms with Gasteiger partial charge in [0.15, 0.2) is 11.3 Å². The first-order valence-corrected chi connectivity index (χ1v) is 4.82. The number of carbonyl (C=O) groups is 1. The Kier molecular flexibility index (Phi) is 1.56. The third-order valence-electron chi connectivity index (χ3n) is 2.58. The first-order valence-electron chi connectivity index (χ1n) is 4.82. The van der Waals surface area contributed by atoms with E-state index in [0.717, 1.165) is 5.69 Å². The quantitative estimate of drug-likeness (QED) is 0.798. The average Bonchev–Trinajstić information content (AvgIpc) is 2.96. The fourth-order valence-corrected chi connectivity index (χ4v) is 1.61. The summed E-state index contributed by atoms with van der Waals surface area (Å²) in [4.78, 5) is 18.9. The highest BCUT2D eigenvalue weighted by atomic mass is 16.4. The summed E-state index contributed by atoms with van der Waals surface area (Å²) in [6.07, 6.45) is 7.37. The van der Waals surface area contributed by atoms with E-state index in [-0.39, 0.29) is 5.69 Å². The number of rotatable bonds is 2. The number of aromatic carboxylic acids is 1. The molecule has 0 atom stereocenters. The molecule has 2 aromatic rings. The summed E-state index contributed by atoms with van der Waals surface area (Å²) in [5.74, 6) is -0.447. The summed E-state index contributed by atoms with van der Waals surface area (Å²) in [6, 6.07) is 0. The van der Waals surface area contributed by atoms with E-state index in [2.05, 4.69) is 9.97 Å². The lowest BCUT2D eigenvalue weighted by atomic mass is 10.3. The lowest BCUT2D eigenvalue weighted by molar-refractivity contribution is 0.0691. The van der Waals surface area contributed by atoms with E-state index >= 15 is 0 Å². The summed E-state index contributed by atoms with van der Waals surface area (Å²) < 4.78 is 1.73. The van der Waals surface area contributed by atoms with Crippen molar-refractivity contribution in [2.24, 2.45) is 0 Å². The molecule has 0 spiro atoms. The van der Waals surface area contributed by atoms with E-state index < -0.39 is 5.97 Å². The maximum Gasteiger partial charge on any atom is 0.356 e. The van der Waals surface area contributed by atoms with Gasteiger partial charge in [0.1, 0.15) is 0 Å². The van der Waals surface area contributed by atoms with Gasteiger partial charge in [0.2, 0.25) is 0 Å². The lowest BCUT2D eigenvalue weighted by Gasteiger charge is -1.97. The molecule has 0 aromatic carbocycles. The molecule has 1 fully saturated rings. The molecule has 5 nitrogen and oxygen atoms in total. The monoisotopic (exact) mass is 203 g/mol. The van der Waals surface area contributed by atoms with Gasteiger partial charge in [-0.05, 0) is 12.8 Å². The molecular weight excluding hydrogens is 194 g/mol. The number of aromatic nitrogens is 3. The van der Waals surface area contributed by atoms with Gasteiger partial charge in [-0.1, -0.05) is 0 Å². The number of hydrogen-bond acceptors (Lipinski definition) is 3. The van der Waals surface area contributed by atoms with E-state index in [1.165, 1.54) is 19.0 Å². The van der Waals surface area contributed by atoms with Crippen LogP contribution < -0.4 is 0 Å². The third kappa shape index (κ3) is 1.36. The van der Waals surface area contributed by atoms with Gasteiger partial charge in [0.05, 0.1) is 11.9 Å². The Labute approximate surface area is 85.4 Å². The molecule has 1 saturated carbocycles. The lowest BCUT2D eigenvalue weighted by Crippen LogP contribution is -1.94. The van der Waals surface area contributed by atoms with Gasteiger partial charge in [0, 0.05) is 18.3 Å². The van der Waals surface area contributed by atoms with Crippen LogP contribution in [0, 0.1) is 0 Å². The fraction of sp³-hybridized carbons (Fsp3) is 0.300. The standard InChI is InChI=1S/C10H9N3O2/c14-10(15)8-5-13-4-7(6-1-2-6)11-3-9(13)12-8/h3-6H,1-2H2,(H,14,15). The zero-order valence-electron chi connectivity index (χ0n) is 7.92. The molecule has 15 heavy (non-hydrogen) atoms.